The minimum atomic E-state index is 0.408. The van der Waals surface area contributed by atoms with E-state index in [-0.39, 0.29) is 0 Å². The van der Waals surface area contributed by atoms with Crippen molar-refractivity contribution >= 4 is 0 Å². The first kappa shape index (κ1) is 11.4. The Hall–Kier alpha value is -0.0800. The molecular formula is C13H26N2. The van der Waals surface area contributed by atoms with Crippen LogP contribution in [0.25, 0.3) is 0 Å². The average molecular weight is 210 g/mol. The van der Waals surface area contributed by atoms with Crippen molar-refractivity contribution in [3.8, 4) is 0 Å². The first-order chi connectivity index (χ1) is 7.20. The van der Waals surface area contributed by atoms with Crippen LogP contribution in [0.4, 0.5) is 0 Å². The maximum Gasteiger partial charge on any atom is 0.0168 e. The summed E-state index contributed by atoms with van der Waals surface area (Å²) < 4.78 is 0. The fraction of sp³-hybridized carbons (Fsp3) is 1.00. The Bertz CT molecular complexity index is 195. The van der Waals surface area contributed by atoms with Gasteiger partial charge >= 0.3 is 0 Å². The second-order valence-electron chi connectivity index (χ2n) is 5.80. The van der Waals surface area contributed by atoms with Crippen molar-refractivity contribution < 1.29 is 0 Å². The minimum absolute atomic E-state index is 0.408. The highest BCUT2D eigenvalue weighted by atomic mass is 15.2. The lowest BCUT2D eigenvalue weighted by Gasteiger charge is -2.44. The molecule has 2 nitrogen and oxygen atoms in total. The van der Waals surface area contributed by atoms with Gasteiger partial charge in [-0.3, -0.25) is 4.90 Å². The van der Waals surface area contributed by atoms with Crippen molar-refractivity contribution in [2.24, 2.45) is 0 Å². The highest BCUT2D eigenvalue weighted by Crippen LogP contribution is 2.30. The van der Waals surface area contributed by atoms with Crippen LogP contribution in [0.3, 0.4) is 0 Å². The quantitative estimate of drug-likeness (QED) is 0.715. The Morgan fingerprint density at radius 3 is 2.53 bits per heavy atom. The molecule has 0 unspecified atom stereocenters. The predicted molar refractivity (Wildman–Crippen MR) is 65.1 cm³/mol. The third-order valence-corrected chi connectivity index (χ3v) is 4.24. The van der Waals surface area contributed by atoms with E-state index in [0.717, 1.165) is 6.04 Å². The maximum atomic E-state index is 3.53. The third-order valence-electron chi connectivity index (χ3n) is 4.24. The molecule has 2 heteroatoms. The summed E-state index contributed by atoms with van der Waals surface area (Å²) in [6.45, 7) is 8.47. The summed E-state index contributed by atoms with van der Waals surface area (Å²) in [4.78, 5) is 2.78. The number of hydrogen-bond acceptors (Lipinski definition) is 2. The first-order valence-electron chi connectivity index (χ1n) is 6.68. The number of nitrogens with zero attached hydrogens (tertiary/aromatic N) is 1. The van der Waals surface area contributed by atoms with Gasteiger partial charge in [-0.15, -0.1) is 0 Å². The molecule has 1 saturated carbocycles. The van der Waals surface area contributed by atoms with Gasteiger partial charge in [-0.05, 0) is 39.7 Å². The lowest BCUT2D eigenvalue weighted by molar-refractivity contribution is 0.0554. The summed E-state index contributed by atoms with van der Waals surface area (Å²) in [5, 5.41) is 3.53. The largest absolute Gasteiger partial charge is 0.315 e. The van der Waals surface area contributed by atoms with Crippen LogP contribution in [-0.2, 0) is 0 Å². The Morgan fingerprint density at radius 2 is 1.80 bits per heavy atom. The fourth-order valence-corrected chi connectivity index (χ4v) is 3.23. The summed E-state index contributed by atoms with van der Waals surface area (Å²) in [5.41, 5.74) is 0.408. The van der Waals surface area contributed by atoms with Crippen LogP contribution in [0.5, 0.6) is 0 Å². The zero-order valence-corrected chi connectivity index (χ0v) is 10.4. The molecule has 0 atom stereocenters. The topological polar surface area (TPSA) is 15.3 Å². The first-order valence-corrected chi connectivity index (χ1v) is 6.68. The van der Waals surface area contributed by atoms with E-state index in [9.17, 15) is 0 Å². The molecule has 2 rings (SSSR count). The standard InChI is InChI=1S/C13H26N2/c1-13(2)8-9-14-10-11-15(13)12-6-4-3-5-7-12/h12,14H,3-11H2,1-2H3. The van der Waals surface area contributed by atoms with Crippen LogP contribution < -0.4 is 5.32 Å². The second-order valence-corrected chi connectivity index (χ2v) is 5.80. The molecule has 1 heterocycles. The van der Waals surface area contributed by atoms with Gasteiger partial charge in [-0.25, -0.2) is 0 Å². The van der Waals surface area contributed by atoms with Crippen molar-refractivity contribution in [2.45, 2.75) is 64.0 Å². The fourth-order valence-electron chi connectivity index (χ4n) is 3.23. The van der Waals surface area contributed by atoms with Gasteiger partial charge in [0.2, 0.25) is 0 Å². The Morgan fingerprint density at radius 1 is 1.07 bits per heavy atom. The van der Waals surface area contributed by atoms with Gasteiger partial charge in [0, 0.05) is 24.7 Å². The summed E-state index contributed by atoms with van der Waals surface area (Å²) >= 11 is 0. The molecule has 0 radical (unpaired) electrons. The summed E-state index contributed by atoms with van der Waals surface area (Å²) in [7, 11) is 0. The van der Waals surface area contributed by atoms with Crippen LogP contribution in [-0.4, -0.2) is 36.1 Å². The molecule has 0 aromatic carbocycles. The molecule has 0 spiro atoms. The van der Waals surface area contributed by atoms with E-state index < -0.39 is 0 Å². The minimum Gasteiger partial charge on any atom is -0.315 e. The van der Waals surface area contributed by atoms with Gasteiger partial charge in [0.05, 0.1) is 0 Å². The number of nitrogens with one attached hydrogen (secondary N) is 1. The Kier molecular flexibility index (Phi) is 3.68. The predicted octanol–water partition coefficient (Wildman–Crippen LogP) is 2.39. The highest BCUT2D eigenvalue weighted by Gasteiger charge is 2.33. The van der Waals surface area contributed by atoms with Crippen molar-refractivity contribution in [1.29, 1.82) is 0 Å². The molecule has 0 amide bonds. The molecule has 2 aliphatic rings. The van der Waals surface area contributed by atoms with Crippen molar-refractivity contribution in [2.75, 3.05) is 19.6 Å². The SMILES string of the molecule is CC1(C)CCNCCN1C1CCCCC1. The smallest absolute Gasteiger partial charge is 0.0168 e. The van der Waals surface area contributed by atoms with Crippen molar-refractivity contribution in [1.82, 2.24) is 10.2 Å². The lowest BCUT2D eigenvalue weighted by atomic mass is 9.89. The van der Waals surface area contributed by atoms with Crippen LogP contribution in [0.15, 0.2) is 0 Å². The van der Waals surface area contributed by atoms with E-state index >= 15 is 0 Å². The van der Waals surface area contributed by atoms with Gasteiger partial charge in [0.25, 0.3) is 0 Å². The van der Waals surface area contributed by atoms with Crippen LogP contribution in [0.2, 0.25) is 0 Å². The van der Waals surface area contributed by atoms with Gasteiger partial charge in [-0.1, -0.05) is 19.3 Å². The van der Waals surface area contributed by atoms with Crippen molar-refractivity contribution in [3.63, 3.8) is 0 Å². The highest BCUT2D eigenvalue weighted by molar-refractivity contribution is 4.90. The zero-order chi connectivity index (χ0) is 10.7. The van der Waals surface area contributed by atoms with E-state index in [2.05, 4.69) is 24.1 Å². The van der Waals surface area contributed by atoms with Crippen LogP contribution in [0.1, 0.15) is 52.4 Å². The lowest BCUT2D eigenvalue weighted by Crippen LogP contribution is -2.51. The molecule has 1 N–H and O–H groups in total. The molecule has 0 aromatic rings. The van der Waals surface area contributed by atoms with Crippen molar-refractivity contribution in [3.05, 3.63) is 0 Å². The summed E-state index contributed by atoms with van der Waals surface area (Å²) in [6.07, 6.45) is 8.52. The molecule has 15 heavy (non-hydrogen) atoms. The number of rotatable bonds is 1. The van der Waals surface area contributed by atoms with Crippen LogP contribution >= 0.6 is 0 Å². The van der Waals surface area contributed by atoms with Gasteiger partial charge in [0.1, 0.15) is 0 Å². The average Bonchev–Trinajstić information content (AvgIpc) is 2.40. The second kappa shape index (κ2) is 4.84. The molecule has 0 aromatic heterocycles. The van der Waals surface area contributed by atoms with E-state index in [4.69, 9.17) is 0 Å². The van der Waals surface area contributed by atoms with Gasteiger partial charge in [0.15, 0.2) is 0 Å². The normalized spacial score (nSPS) is 30.0. The van der Waals surface area contributed by atoms with E-state index in [1.165, 1.54) is 58.2 Å². The summed E-state index contributed by atoms with van der Waals surface area (Å²) in [6, 6.07) is 0.869. The van der Waals surface area contributed by atoms with Gasteiger partial charge < -0.3 is 5.32 Å². The molecule has 88 valence electrons. The zero-order valence-electron chi connectivity index (χ0n) is 10.4. The third kappa shape index (κ3) is 2.73. The molecular weight excluding hydrogens is 184 g/mol. The van der Waals surface area contributed by atoms with E-state index in [1.54, 1.807) is 0 Å². The van der Waals surface area contributed by atoms with E-state index in [0.29, 0.717) is 5.54 Å². The van der Waals surface area contributed by atoms with Gasteiger partial charge in [-0.2, -0.15) is 0 Å². The Balaban J connectivity index is 2.02. The molecule has 2 fully saturated rings. The molecule has 1 saturated heterocycles. The maximum absolute atomic E-state index is 3.53. The molecule has 1 aliphatic carbocycles. The Labute approximate surface area is 94.4 Å². The van der Waals surface area contributed by atoms with E-state index in [1.807, 2.05) is 0 Å². The summed E-state index contributed by atoms with van der Waals surface area (Å²) in [5.74, 6) is 0. The molecule has 0 bridgehead atoms. The monoisotopic (exact) mass is 210 g/mol. The number of hydrogen-bond donors (Lipinski definition) is 1. The molecule has 1 aliphatic heterocycles. The van der Waals surface area contributed by atoms with Crippen LogP contribution in [0, 0.1) is 0 Å².